The second-order valence-corrected chi connectivity index (χ2v) is 2.71. The van der Waals surface area contributed by atoms with Crippen molar-refractivity contribution in [2.45, 2.75) is 6.42 Å². The zero-order valence-corrected chi connectivity index (χ0v) is 6.66. The SMILES string of the molecule is Nc1ccccc1C1=NOCC1. The highest BCUT2D eigenvalue weighted by molar-refractivity contribution is 6.04. The van der Waals surface area contributed by atoms with Crippen LogP contribution in [0.4, 0.5) is 5.69 Å². The third-order valence-electron chi connectivity index (χ3n) is 1.88. The van der Waals surface area contributed by atoms with E-state index in [1.807, 2.05) is 24.3 Å². The highest BCUT2D eigenvalue weighted by Gasteiger charge is 2.12. The molecule has 0 amide bonds. The van der Waals surface area contributed by atoms with Gasteiger partial charge in [-0.05, 0) is 6.07 Å². The summed E-state index contributed by atoms with van der Waals surface area (Å²) in [5, 5.41) is 3.90. The monoisotopic (exact) mass is 162 g/mol. The first-order valence-corrected chi connectivity index (χ1v) is 3.91. The Morgan fingerprint density at radius 1 is 1.33 bits per heavy atom. The van der Waals surface area contributed by atoms with Gasteiger partial charge in [-0.3, -0.25) is 0 Å². The molecule has 1 aliphatic heterocycles. The molecule has 0 saturated carbocycles. The largest absolute Gasteiger partial charge is 0.398 e. The molecule has 0 saturated heterocycles. The number of nitrogens with zero attached hydrogens (tertiary/aromatic N) is 1. The summed E-state index contributed by atoms with van der Waals surface area (Å²) in [6.45, 7) is 0.670. The van der Waals surface area contributed by atoms with E-state index in [2.05, 4.69) is 5.16 Å². The summed E-state index contributed by atoms with van der Waals surface area (Å²) in [5.41, 5.74) is 8.48. The molecule has 0 aliphatic carbocycles. The van der Waals surface area contributed by atoms with Gasteiger partial charge in [0.1, 0.15) is 6.61 Å². The first-order chi connectivity index (χ1) is 5.88. The van der Waals surface area contributed by atoms with Crippen molar-refractivity contribution in [3.8, 4) is 0 Å². The van der Waals surface area contributed by atoms with Crippen LogP contribution in [0.25, 0.3) is 0 Å². The van der Waals surface area contributed by atoms with E-state index in [9.17, 15) is 0 Å². The van der Waals surface area contributed by atoms with Crippen LogP contribution in [-0.2, 0) is 4.84 Å². The molecular formula is C9H10N2O. The van der Waals surface area contributed by atoms with Crippen LogP contribution in [0.2, 0.25) is 0 Å². The Bertz CT molecular complexity index is 320. The van der Waals surface area contributed by atoms with Crippen molar-refractivity contribution in [3.05, 3.63) is 29.8 Å². The van der Waals surface area contributed by atoms with Gasteiger partial charge in [0.15, 0.2) is 0 Å². The van der Waals surface area contributed by atoms with E-state index in [1.54, 1.807) is 0 Å². The standard InChI is InChI=1S/C9H10N2O/c10-8-4-2-1-3-7(8)9-5-6-12-11-9/h1-4H,5-6,10H2. The summed E-state index contributed by atoms with van der Waals surface area (Å²) in [4.78, 5) is 4.90. The normalized spacial score (nSPS) is 15.5. The lowest BCUT2D eigenvalue weighted by atomic mass is 10.1. The van der Waals surface area contributed by atoms with E-state index in [1.165, 1.54) is 0 Å². The molecule has 1 aromatic carbocycles. The summed E-state index contributed by atoms with van der Waals surface area (Å²) >= 11 is 0. The van der Waals surface area contributed by atoms with Gasteiger partial charge in [-0.1, -0.05) is 23.4 Å². The number of nitrogen functional groups attached to an aromatic ring is 1. The van der Waals surface area contributed by atoms with Gasteiger partial charge in [-0.2, -0.15) is 0 Å². The van der Waals surface area contributed by atoms with Crippen molar-refractivity contribution in [2.24, 2.45) is 5.16 Å². The summed E-state index contributed by atoms with van der Waals surface area (Å²) in [7, 11) is 0. The molecule has 2 rings (SSSR count). The number of oxime groups is 1. The van der Waals surface area contributed by atoms with Gasteiger partial charge in [-0.15, -0.1) is 0 Å². The van der Waals surface area contributed by atoms with Crippen molar-refractivity contribution < 1.29 is 4.84 Å². The topological polar surface area (TPSA) is 47.6 Å². The third-order valence-corrected chi connectivity index (χ3v) is 1.88. The fourth-order valence-electron chi connectivity index (χ4n) is 1.26. The average molecular weight is 162 g/mol. The predicted octanol–water partition coefficient (Wildman–Crippen LogP) is 1.39. The van der Waals surface area contributed by atoms with Crippen LogP contribution in [0, 0.1) is 0 Å². The molecular weight excluding hydrogens is 152 g/mol. The number of anilines is 1. The van der Waals surface area contributed by atoms with E-state index in [0.717, 1.165) is 23.4 Å². The van der Waals surface area contributed by atoms with Crippen molar-refractivity contribution in [1.29, 1.82) is 0 Å². The Morgan fingerprint density at radius 2 is 2.17 bits per heavy atom. The minimum absolute atomic E-state index is 0.670. The smallest absolute Gasteiger partial charge is 0.122 e. The number of nitrogens with two attached hydrogens (primary N) is 1. The van der Waals surface area contributed by atoms with E-state index in [4.69, 9.17) is 10.6 Å². The van der Waals surface area contributed by atoms with Crippen molar-refractivity contribution >= 4 is 11.4 Å². The minimum Gasteiger partial charge on any atom is -0.398 e. The van der Waals surface area contributed by atoms with Crippen molar-refractivity contribution in [3.63, 3.8) is 0 Å². The molecule has 3 nitrogen and oxygen atoms in total. The Balaban J connectivity index is 2.39. The lowest BCUT2D eigenvalue weighted by Gasteiger charge is -2.01. The van der Waals surface area contributed by atoms with Crippen LogP contribution < -0.4 is 5.73 Å². The summed E-state index contributed by atoms with van der Waals surface area (Å²) < 4.78 is 0. The van der Waals surface area contributed by atoms with E-state index in [-0.39, 0.29) is 0 Å². The number of hydrogen-bond donors (Lipinski definition) is 1. The van der Waals surface area contributed by atoms with Gasteiger partial charge in [0.25, 0.3) is 0 Å². The fraction of sp³-hybridized carbons (Fsp3) is 0.222. The van der Waals surface area contributed by atoms with Gasteiger partial charge in [0.2, 0.25) is 0 Å². The van der Waals surface area contributed by atoms with Crippen molar-refractivity contribution in [2.75, 3.05) is 12.3 Å². The maximum Gasteiger partial charge on any atom is 0.122 e. The molecule has 12 heavy (non-hydrogen) atoms. The summed E-state index contributed by atoms with van der Waals surface area (Å²) in [5.74, 6) is 0. The molecule has 1 aliphatic rings. The zero-order chi connectivity index (χ0) is 8.39. The quantitative estimate of drug-likeness (QED) is 0.634. The second-order valence-electron chi connectivity index (χ2n) is 2.71. The Morgan fingerprint density at radius 3 is 2.83 bits per heavy atom. The lowest BCUT2D eigenvalue weighted by molar-refractivity contribution is 0.174. The highest BCUT2D eigenvalue weighted by atomic mass is 16.6. The Hall–Kier alpha value is -1.51. The first kappa shape index (κ1) is 7.16. The zero-order valence-electron chi connectivity index (χ0n) is 6.66. The molecule has 0 aromatic heterocycles. The average Bonchev–Trinajstić information content (AvgIpc) is 2.57. The number of rotatable bonds is 1. The van der Waals surface area contributed by atoms with E-state index < -0.39 is 0 Å². The van der Waals surface area contributed by atoms with Crippen LogP contribution in [0.15, 0.2) is 29.4 Å². The summed E-state index contributed by atoms with van der Waals surface area (Å²) in [6.07, 6.45) is 0.855. The predicted molar refractivity (Wildman–Crippen MR) is 48.0 cm³/mol. The Labute approximate surface area is 70.8 Å². The van der Waals surface area contributed by atoms with Crippen molar-refractivity contribution in [1.82, 2.24) is 0 Å². The molecule has 3 heteroatoms. The van der Waals surface area contributed by atoms with Gasteiger partial charge >= 0.3 is 0 Å². The number of hydrogen-bond acceptors (Lipinski definition) is 3. The van der Waals surface area contributed by atoms with Gasteiger partial charge < -0.3 is 10.6 Å². The molecule has 0 radical (unpaired) electrons. The summed E-state index contributed by atoms with van der Waals surface area (Å²) in [6, 6.07) is 7.70. The fourth-order valence-corrected chi connectivity index (χ4v) is 1.26. The molecule has 1 aromatic rings. The van der Waals surface area contributed by atoms with Crippen LogP contribution in [0.5, 0.6) is 0 Å². The maximum atomic E-state index is 5.76. The van der Waals surface area contributed by atoms with E-state index >= 15 is 0 Å². The Kier molecular flexibility index (Phi) is 1.70. The maximum absolute atomic E-state index is 5.76. The number of para-hydroxylation sites is 1. The van der Waals surface area contributed by atoms with Crippen LogP contribution in [0.1, 0.15) is 12.0 Å². The molecule has 0 unspecified atom stereocenters. The van der Waals surface area contributed by atoms with Gasteiger partial charge in [0.05, 0.1) is 5.71 Å². The van der Waals surface area contributed by atoms with Crippen LogP contribution in [-0.4, -0.2) is 12.3 Å². The molecule has 0 fully saturated rings. The van der Waals surface area contributed by atoms with Gasteiger partial charge in [-0.25, -0.2) is 0 Å². The van der Waals surface area contributed by atoms with Crippen LogP contribution >= 0.6 is 0 Å². The molecule has 0 atom stereocenters. The molecule has 0 spiro atoms. The van der Waals surface area contributed by atoms with E-state index in [0.29, 0.717) is 6.61 Å². The highest BCUT2D eigenvalue weighted by Crippen LogP contribution is 2.16. The van der Waals surface area contributed by atoms with Crippen LogP contribution in [0.3, 0.4) is 0 Å². The molecule has 2 N–H and O–H groups in total. The number of benzene rings is 1. The second kappa shape index (κ2) is 2.85. The molecule has 0 bridgehead atoms. The lowest BCUT2D eigenvalue weighted by Crippen LogP contribution is -2.01. The minimum atomic E-state index is 0.670. The third kappa shape index (κ3) is 1.13. The molecule has 62 valence electrons. The van der Waals surface area contributed by atoms with Gasteiger partial charge in [0, 0.05) is 17.7 Å². The molecule has 1 heterocycles. The first-order valence-electron chi connectivity index (χ1n) is 3.91.